The molecule has 0 spiro atoms. The van der Waals surface area contributed by atoms with Gasteiger partial charge in [0.2, 0.25) is 0 Å². The number of aromatic nitrogens is 3. The van der Waals surface area contributed by atoms with Crippen molar-refractivity contribution in [3.63, 3.8) is 0 Å². The van der Waals surface area contributed by atoms with Crippen LogP contribution in [-0.2, 0) is 33.9 Å². The first-order chi connectivity index (χ1) is 11.0. The summed E-state index contributed by atoms with van der Waals surface area (Å²) in [5, 5.41) is 3.72. The summed E-state index contributed by atoms with van der Waals surface area (Å²) in [6.07, 6.45) is -4.39. The zero-order valence-corrected chi connectivity index (χ0v) is 13.6. The molecule has 0 saturated heterocycles. The first-order valence-electron chi connectivity index (χ1n) is 6.83. The Balaban J connectivity index is 2.31. The first-order valence-corrected chi connectivity index (χ1v) is 8.66. The van der Waals surface area contributed by atoms with E-state index in [9.17, 15) is 26.4 Å². The topological polar surface area (TPSA) is 106 Å². The van der Waals surface area contributed by atoms with Gasteiger partial charge in [0.05, 0.1) is 11.4 Å². The fourth-order valence-electron chi connectivity index (χ4n) is 2.10. The molecular weight excluding hydrogens is 351 g/mol. The van der Waals surface area contributed by atoms with Crippen molar-refractivity contribution in [2.24, 2.45) is 0 Å². The Morgan fingerprint density at radius 1 is 1.29 bits per heavy atom. The van der Waals surface area contributed by atoms with Crippen molar-refractivity contribution in [3.05, 3.63) is 45.0 Å². The Kier molecular flexibility index (Phi) is 4.83. The molecule has 7 nitrogen and oxygen atoms in total. The number of aromatic amines is 1. The maximum absolute atomic E-state index is 12.7. The van der Waals surface area contributed by atoms with Gasteiger partial charge < -0.3 is 9.51 Å². The average Bonchev–Trinajstić information content (AvgIpc) is 2.76. The highest BCUT2D eigenvalue weighted by atomic mass is 32.2. The van der Waals surface area contributed by atoms with E-state index in [0.29, 0.717) is 23.4 Å². The summed E-state index contributed by atoms with van der Waals surface area (Å²) in [6.45, 7) is 3.31. The summed E-state index contributed by atoms with van der Waals surface area (Å²) >= 11 is 0. The van der Waals surface area contributed by atoms with E-state index in [4.69, 9.17) is 4.52 Å². The molecule has 24 heavy (non-hydrogen) atoms. The summed E-state index contributed by atoms with van der Waals surface area (Å²) in [7, 11) is -3.89. The van der Waals surface area contributed by atoms with Crippen molar-refractivity contribution in [2.45, 2.75) is 38.0 Å². The van der Waals surface area contributed by atoms with E-state index < -0.39 is 44.6 Å². The Bertz CT molecular complexity index is 900. The second-order valence-electron chi connectivity index (χ2n) is 5.12. The van der Waals surface area contributed by atoms with Crippen molar-refractivity contribution >= 4 is 9.84 Å². The van der Waals surface area contributed by atoms with Gasteiger partial charge >= 0.3 is 6.18 Å². The van der Waals surface area contributed by atoms with Gasteiger partial charge in [0.25, 0.3) is 5.56 Å². The van der Waals surface area contributed by atoms with E-state index in [1.807, 2.05) is 4.98 Å². The number of rotatable bonds is 5. The summed E-state index contributed by atoms with van der Waals surface area (Å²) in [4.78, 5) is 16.5. The third kappa shape index (κ3) is 4.22. The molecule has 0 aliphatic carbocycles. The standard InChI is InChI=1S/C13H14F3N3O4S/c1-3-9-8(7(2)23-19-9)5-24(21,22)6-11-17-10(13(14,15)16)4-12(20)18-11/h4H,3,5-6H2,1-2H3,(H,17,18,20). The van der Waals surface area contributed by atoms with Gasteiger partial charge in [0, 0.05) is 11.6 Å². The molecule has 2 rings (SSSR count). The van der Waals surface area contributed by atoms with Gasteiger partial charge in [0.1, 0.15) is 17.3 Å². The molecule has 0 bridgehead atoms. The lowest BCUT2D eigenvalue weighted by Gasteiger charge is -2.08. The summed E-state index contributed by atoms with van der Waals surface area (Å²) in [5.41, 5.74) is -1.68. The van der Waals surface area contributed by atoms with Gasteiger partial charge in [-0.25, -0.2) is 13.4 Å². The second-order valence-corrected chi connectivity index (χ2v) is 7.19. The lowest BCUT2D eigenvalue weighted by atomic mass is 10.2. The number of nitrogens with one attached hydrogen (secondary N) is 1. The van der Waals surface area contributed by atoms with Crippen LogP contribution < -0.4 is 5.56 Å². The van der Waals surface area contributed by atoms with Gasteiger partial charge in [-0.15, -0.1) is 0 Å². The van der Waals surface area contributed by atoms with Crippen molar-refractivity contribution in [1.29, 1.82) is 0 Å². The molecule has 1 N–H and O–H groups in total. The molecule has 0 radical (unpaired) electrons. The molecule has 0 unspecified atom stereocenters. The van der Waals surface area contributed by atoms with Gasteiger partial charge in [-0.2, -0.15) is 13.2 Å². The maximum Gasteiger partial charge on any atom is 0.433 e. The Morgan fingerprint density at radius 3 is 2.54 bits per heavy atom. The number of sulfone groups is 1. The van der Waals surface area contributed by atoms with Crippen molar-refractivity contribution in [1.82, 2.24) is 15.1 Å². The lowest BCUT2D eigenvalue weighted by Crippen LogP contribution is -2.21. The van der Waals surface area contributed by atoms with Crippen LogP contribution in [0.25, 0.3) is 0 Å². The van der Waals surface area contributed by atoms with Crippen LogP contribution in [0.3, 0.4) is 0 Å². The number of alkyl halides is 3. The average molecular weight is 365 g/mol. The smallest absolute Gasteiger partial charge is 0.361 e. The monoisotopic (exact) mass is 365 g/mol. The summed E-state index contributed by atoms with van der Waals surface area (Å²) in [6, 6.07) is 0.273. The van der Waals surface area contributed by atoms with Gasteiger partial charge in [-0.05, 0) is 13.3 Å². The van der Waals surface area contributed by atoms with E-state index in [2.05, 4.69) is 10.1 Å². The SMILES string of the molecule is CCc1noc(C)c1CS(=O)(=O)Cc1nc(C(F)(F)F)cc(=O)[nH]1. The molecule has 2 heterocycles. The minimum absolute atomic E-state index is 0.273. The van der Waals surface area contributed by atoms with Gasteiger partial charge in [-0.1, -0.05) is 12.1 Å². The molecule has 0 aliphatic heterocycles. The minimum Gasteiger partial charge on any atom is -0.361 e. The largest absolute Gasteiger partial charge is 0.433 e. The molecule has 132 valence electrons. The zero-order chi connectivity index (χ0) is 18.1. The number of halogens is 3. The van der Waals surface area contributed by atoms with Crippen LogP contribution in [0.4, 0.5) is 13.2 Å². The van der Waals surface area contributed by atoms with Crippen molar-refractivity contribution in [2.75, 3.05) is 0 Å². The van der Waals surface area contributed by atoms with Crippen molar-refractivity contribution < 1.29 is 26.1 Å². The van der Waals surface area contributed by atoms with Crippen LogP contribution >= 0.6 is 0 Å². The Morgan fingerprint density at radius 2 is 1.96 bits per heavy atom. The number of nitrogens with zero attached hydrogens (tertiary/aromatic N) is 2. The van der Waals surface area contributed by atoms with Crippen LogP contribution in [0, 0.1) is 6.92 Å². The van der Waals surface area contributed by atoms with Crippen molar-refractivity contribution in [3.8, 4) is 0 Å². The Hall–Kier alpha value is -2.17. The fraction of sp³-hybridized carbons (Fsp3) is 0.462. The van der Waals surface area contributed by atoms with Crippen LogP contribution in [0.5, 0.6) is 0 Å². The van der Waals surface area contributed by atoms with E-state index in [-0.39, 0.29) is 6.07 Å². The van der Waals surface area contributed by atoms with Crippen LogP contribution in [0.15, 0.2) is 15.4 Å². The highest BCUT2D eigenvalue weighted by Crippen LogP contribution is 2.26. The van der Waals surface area contributed by atoms with Gasteiger partial charge in [0.15, 0.2) is 15.5 Å². The molecule has 0 amide bonds. The van der Waals surface area contributed by atoms with E-state index in [1.165, 1.54) is 0 Å². The molecule has 0 saturated carbocycles. The quantitative estimate of drug-likeness (QED) is 0.865. The predicted octanol–water partition coefficient (Wildman–Crippen LogP) is 1.76. The molecule has 0 fully saturated rings. The maximum atomic E-state index is 12.7. The molecular formula is C13H14F3N3O4S. The fourth-order valence-corrected chi connectivity index (χ4v) is 3.57. The highest BCUT2D eigenvalue weighted by Gasteiger charge is 2.34. The zero-order valence-electron chi connectivity index (χ0n) is 12.8. The second kappa shape index (κ2) is 6.38. The van der Waals surface area contributed by atoms with Crippen LogP contribution in [-0.4, -0.2) is 23.5 Å². The third-order valence-corrected chi connectivity index (χ3v) is 4.64. The van der Waals surface area contributed by atoms with E-state index in [1.54, 1.807) is 13.8 Å². The number of aryl methyl sites for hydroxylation is 2. The third-order valence-electron chi connectivity index (χ3n) is 3.20. The Labute approximate surface area is 134 Å². The molecule has 11 heteroatoms. The van der Waals surface area contributed by atoms with E-state index in [0.717, 1.165) is 0 Å². The van der Waals surface area contributed by atoms with Crippen LogP contribution in [0.2, 0.25) is 0 Å². The molecule has 0 aromatic carbocycles. The molecule has 2 aromatic rings. The predicted molar refractivity (Wildman–Crippen MR) is 76.8 cm³/mol. The van der Waals surface area contributed by atoms with E-state index >= 15 is 0 Å². The molecule has 2 aromatic heterocycles. The van der Waals surface area contributed by atoms with Gasteiger partial charge in [-0.3, -0.25) is 4.79 Å². The summed E-state index contributed by atoms with van der Waals surface area (Å²) in [5.74, 6) is -1.55. The first kappa shape index (κ1) is 18.2. The molecule has 0 aliphatic rings. The normalized spacial score (nSPS) is 12.5. The summed E-state index contributed by atoms with van der Waals surface area (Å²) < 4.78 is 67.4. The number of hydrogen-bond donors (Lipinski definition) is 1. The number of H-pyrrole nitrogens is 1. The minimum atomic E-state index is -4.84. The van der Waals surface area contributed by atoms with Crippen LogP contribution in [0.1, 0.15) is 35.5 Å². The highest BCUT2D eigenvalue weighted by molar-refractivity contribution is 7.89. The molecule has 0 atom stereocenters. The lowest BCUT2D eigenvalue weighted by molar-refractivity contribution is -0.141. The number of hydrogen-bond acceptors (Lipinski definition) is 6.